The fraction of sp³-hybridized carbons (Fsp3) is 0.577. The van der Waals surface area contributed by atoms with E-state index in [9.17, 15) is 24.0 Å². The van der Waals surface area contributed by atoms with Crippen LogP contribution in [0.1, 0.15) is 52.5 Å². The summed E-state index contributed by atoms with van der Waals surface area (Å²) in [6, 6.07) is 4.86. The molecule has 0 unspecified atom stereocenters. The number of carbonyl (C=O) groups is 5. The maximum Gasteiger partial charge on any atom is 0.245 e. The summed E-state index contributed by atoms with van der Waals surface area (Å²) in [5, 5.41) is 10.9. The number of rotatable bonds is 4. The minimum absolute atomic E-state index is 0.0905. The van der Waals surface area contributed by atoms with Gasteiger partial charge in [0.25, 0.3) is 0 Å². The lowest BCUT2D eigenvalue weighted by Gasteiger charge is -2.29. The Hall–Kier alpha value is -3.43. The molecular formula is C26H37N5O5. The third-order valence-electron chi connectivity index (χ3n) is 6.58. The second-order valence-corrected chi connectivity index (χ2v) is 10.1. The molecule has 5 atom stereocenters. The van der Waals surface area contributed by atoms with Crippen molar-refractivity contribution in [1.29, 1.82) is 0 Å². The molecule has 196 valence electrons. The Kier molecular flexibility index (Phi) is 9.06. The normalized spacial score (nSPS) is 28.4. The summed E-state index contributed by atoms with van der Waals surface area (Å²) < 4.78 is 0. The monoisotopic (exact) mass is 499 g/mol. The lowest BCUT2D eigenvalue weighted by atomic mass is 10.0. The summed E-state index contributed by atoms with van der Waals surface area (Å²) in [5.74, 6) is -2.23. The van der Waals surface area contributed by atoms with E-state index in [4.69, 9.17) is 0 Å². The quantitative estimate of drug-likeness (QED) is 0.471. The van der Waals surface area contributed by atoms with E-state index in [0.717, 1.165) is 5.56 Å². The molecule has 2 saturated heterocycles. The molecule has 10 heteroatoms. The van der Waals surface area contributed by atoms with Crippen LogP contribution in [0.2, 0.25) is 0 Å². The van der Waals surface area contributed by atoms with E-state index in [0.29, 0.717) is 25.8 Å². The van der Waals surface area contributed by atoms with Crippen LogP contribution in [-0.2, 0) is 30.4 Å². The molecule has 36 heavy (non-hydrogen) atoms. The van der Waals surface area contributed by atoms with Crippen molar-refractivity contribution in [3.05, 3.63) is 35.9 Å². The molecule has 4 N–H and O–H groups in total. The first-order chi connectivity index (χ1) is 17.1. The minimum atomic E-state index is -0.964. The molecule has 0 radical (unpaired) electrons. The van der Waals surface area contributed by atoms with Crippen molar-refractivity contribution in [1.82, 2.24) is 26.2 Å². The van der Waals surface area contributed by atoms with Gasteiger partial charge in [-0.2, -0.15) is 0 Å². The van der Waals surface area contributed by atoms with Gasteiger partial charge in [0.1, 0.15) is 30.2 Å². The zero-order chi connectivity index (χ0) is 26.4. The van der Waals surface area contributed by atoms with Crippen LogP contribution in [0.4, 0.5) is 0 Å². The van der Waals surface area contributed by atoms with E-state index in [1.54, 1.807) is 6.92 Å². The highest BCUT2D eigenvalue weighted by molar-refractivity contribution is 5.98. The molecule has 1 aromatic carbocycles. The van der Waals surface area contributed by atoms with Crippen LogP contribution in [0.3, 0.4) is 0 Å². The Morgan fingerprint density at radius 1 is 0.806 bits per heavy atom. The lowest BCUT2D eigenvalue weighted by molar-refractivity contribution is -0.142. The van der Waals surface area contributed by atoms with Crippen LogP contribution in [0.15, 0.2) is 30.3 Å². The second-order valence-electron chi connectivity index (χ2n) is 10.1. The van der Waals surface area contributed by atoms with Gasteiger partial charge >= 0.3 is 0 Å². The number of hydrogen-bond donors (Lipinski definition) is 4. The van der Waals surface area contributed by atoms with Gasteiger partial charge < -0.3 is 26.2 Å². The predicted molar refractivity (Wildman–Crippen MR) is 133 cm³/mol. The molecule has 2 aliphatic heterocycles. The molecule has 1 aromatic rings. The van der Waals surface area contributed by atoms with Gasteiger partial charge in [-0.25, -0.2) is 0 Å². The highest BCUT2D eigenvalue weighted by atomic mass is 16.2. The first-order valence-corrected chi connectivity index (χ1v) is 12.6. The number of nitrogens with one attached hydrogen (secondary N) is 4. The summed E-state index contributed by atoms with van der Waals surface area (Å²) in [7, 11) is 0. The number of amides is 5. The van der Waals surface area contributed by atoms with Gasteiger partial charge in [-0.15, -0.1) is 0 Å². The van der Waals surface area contributed by atoms with Gasteiger partial charge in [-0.05, 0) is 44.6 Å². The summed E-state index contributed by atoms with van der Waals surface area (Å²) in [6.07, 6.45) is 1.70. The van der Waals surface area contributed by atoms with E-state index in [-0.39, 0.29) is 18.2 Å². The molecule has 0 spiro atoms. The van der Waals surface area contributed by atoms with Crippen molar-refractivity contribution in [3.63, 3.8) is 0 Å². The van der Waals surface area contributed by atoms with Crippen LogP contribution >= 0.6 is 0 Å². The van der Waals surface area contributed by atoms with Crippen LogP contribution in [-0.4, -0.2) is 71.2 Å². The maximum absolute atomic E-state index is 13.4. The molecule has 5 amide bonds. The molecule has 0 aromatic heterocycles. The van der Waals surface area contributed by atoms with Crippen LogP contribution in [0.5, 0.6) is 0 Å². The fourth-order valence-electron chi connectivity index (χ4n) is 4.63. The van der Waals surface area contributed by atoms with E-state index >= 15 is 0 Å². The standard InChI is InChI=1S/C26H37N5O5/c1-15(2)13-19-24(34)29-20(14-18-9-6-5-7-10-18)23(33)27-16(3)22(32)28-17(4)26(36)31-12-8-11-21(31)25(35)30-19/h5-7,9-10,15-17,19-21H,8,11-14H2,1-4H3,(H,27,33)(H,28,32)(H,29,34)(H,30,35)/t16-,17-,19-,20-,21-/m0/s1. The number of nitrogens with zero attached hydrogens (tertiary/aromatic N) is 1. The maximum atomic E-state index is 13.4. The zero-order valence-electron chi connectivity index (χ0n) is 21.4. The SMILES string of the molecule is CC(C)C[C@@H]1NC(=O)[C@@H]2CCCN2C(=O)[C@H](C)NC(=O)[C@H](C)NC(=O)[C@H](Cc2ccccc2)NC1=O. The average molecular weight is 500 g/mol. The number of carbonyl (C=O) groups excluding carboxylic acids is 5. The third-order valence-corrected chi connectivity index (χ3v) is 6.58. The highest BCUT2D eigenvalue weighted by Crippen LogP contribution is 2.20. The summed E-state index contributed by atoms with van der Waals surface area (Å²) in [6.45, 7) is 7.36. The first kappa shape index (κ1) is 27.2. The first-order valence-electron chi connectivity index (χ1n) is 12.6. The topological polar surface area (TPSA) is 137 Å². The lowest BCUT2D eigenvalue weighted by Crippen LogP contribution is -2.57. The summed E-state index contributed by atoms with van der Waals surface area (Å²) in [4.78, 5) is 67.1. The number of hydrogen-bond acceptors (Lipinski definition) is 5. The van der Waals surface area contributed by atoms with E-state index < -0.39 is 53.8 Å². The smallest absolute Gasteiger partial charge is 0.245 e. The van der Waals surface area contributed by atoms with Gasteiger partial charge in [-0.3, -0.25) is 24.0 Å². The average Bonchev–Trinajstić information content (AvgIpc) is 3.32. The Bertz CT molecular complexity index is 982. The molecule has 3 rings (SSSR count). The third kappa shape index (κ3) is 6.83. The van der Waals surface area contributed by atoms with Crippen LogP contribution in [0.25, 0.3) is 0 Å². The van der Waals surface area contributed by atoms with Crippen LogP contribution < -0.4 is 21.3 Å². The highest BCUT2D eigenvalue weighted by Gasteiger charge is 2.39. The van der Waals surface area contributed by atoms with Crippen molar-refractivity contribution in [2.75, 3.05) is 6.54 Å². The van der Waals surface area contributed by atoms with E-state index in [1.807, 2.05) is 44.2 Å². The Morgan fingerprint density at radius 2 is 1.42 bits per heavy atom. The summed E-state index contributed by atoms with van der Waals surface area (Å²) >= 11 is 0. The predicted octanol–water partition coefficient (Wildman–Crippen LogP) is 0.259. The number of benzene rings is 1. The van der Waals surface area contributed by atoms with E-state index in [2.05, 4.69) is 21.3 Å². The molecule has 10 nitrogen and oxygen atoms in total. The molecule has 0 saturated carbocycles. The van der Waals surface area contributed by atoms with Crippen molar-refractivity contribution >= 4 is 29.5 Å². The van der Waals surface area contributed by atoms with Crippen molar-refractivity contribution < 1.29 is 24.0 Å². The molecule has 2 fully saturated rings. The van der Waals surface area contributed by atoms with Gasteiger partial charge in [0.05, 0.1) is 0 Å². The largest absolute Gasteiger partial charge is 0.343 e. The zero-order valence-corrected chi connectivity index (χ0v) is 21.4. The molecule has 0 aliphatic carbocycles. The Balaban J connectivity index is 1.94. The van der Waals surface area contributed by atoms with E-state index in [1.165, 1.54) is 11.8 Å². The van der Waals surface area contributed by atoms with Gasteiger partial charge in [0, 0.05) is 13.0 Å². The molecule has 2 heterocycles. The van der Waals surface area contributed by atoms with Gasteiger partial charge in [0.2, 0.25) is 29.5 Å². The minimum Gasteiger partial charge on any atom is -0.343 e. The fourth-order valence-corrected chi connectivity index (χ4v) is 4.63. The van der Waals surface area contributed by atoms with Crippen molar-refractivity contribution in [2.24, 2.45) is 5.92 Å². The van der Waals surface area contributed by atoms with Crippen molar-refractivity contribution in [3.8, 4) is 0 Å². The van der Waals surface area contributed by atoms with Gasteiger partial charge in [0.15, 0.2) is 0 Å². The molecule has 0 bridgehead atoms. The van der Waals surface area contributed by atoms with Crippen LogP contribution in [0, 0.1) is 5.92 Å². The summed E-state index contributed by atoms with van der Waals surface area (Å²) in [5.41, 5.74) is 0.832. The molecular weight excluding hydrogens is 462 g/mol. The second kappa shape index (κ2) is 12.0. The number of fused-ring (bicyclic) bond motifs is 1. The van der Waals surface area contributed by atoms with Crippen molar-refractivity contribution in [2.45, 2.75) is 83.6 Å². The molecule has 2 aliphatic rings. The Morgan fingerprint density at radius 3 is 2.08 bits per heavy atom. The Labute approximate surface area is 211 Å². The van der Waals surface area contributed by atoms with Gasteiger partial charge in [-0.1, -0.05) is 44.2 Å².